The summed E-state index contributed by atoms with van der Waals surface area (Å²) in [6.07, 6.45) is 0.484. The summed E-state index contributed by atoms with van der Waals surface area (Å²) in [4.78, 5) is 18.9. The van der Waals surface area contributed by atoms with Crippen LogP contribution in [0.25, 0.3) is 0 Å². The average molecular weight is 394 g/mol. The highest BCUT2D eigenvalue weighted by molar-refractivity contribution is 5.77. The minimum absolute atomic E-state index is 0.0288. The highest BCUT2D eigenvalue weighted by Gasteiger charge is 2.35. The second-order valence-corrected chi connectivity index (χ2v) is 8.56. The third-order valence-corrected chi connectivity index (χ3v) is 6.11. The van der Waals surface area contributed by atoms with E-state index in [1.165, 1.54) is 16.7 Å². The summed E-state index contributed by atoms with van der Waals surface area (Å²) in [5.41, 5.74) is 5.12. The first kappa shape index (κ1) is 19.9. The van der Waals surface area contributed by atoms with Crippen LogP contribution in [-0.2, 0) is 19.5 Å². The molecular weight excluding hydrogens is 362 g/mol. The highest BCUT2D eigenvalue weighted by atomic mass is 16.3. The van der Waals surface area contributed by atoms with Crippen molar-refractivity contribution in [2.45, 2.75) is 45.5 Å². The Hall–Kier alpha value is -2.37. The molecule has 1 saturated heterocycles. The number of aliphatic hydroxyl groups is 1. The largest absolute Gasteiger partial charge is 0.390 e. The van der Waals surface area contributed by atoms with Crippen LogP contribution < -0.4 is 0 Å². The van der Waals surface area contributed by atoms with E-state index in [1.54, 1.807) is 0 Å². The number of β-amino-alcohol motifs (C(OH)–C–C–N with tert-alkyl or cyclic N) is 1. The Morgan fingerprint density at radius 2 is 1.79 bits per heavy atom. The summed E-state index contributed by atoms with van der Waals surface area (Å²) in [5, 5.41) is 10.7. The molecular formula is C24H31N3O2. The molecule has 0 aromatic heterocycles. The van der Waals surface area contributed by atoms with Crippen LogP contribution >= 0.6 is 0 Å². The molecule has 0 radical (unpaired) electrons. The zero-order valence-corrected chi connectivity index (χ0v) is 17.4. The average Bonchev–Trinajstić information content (AvgIpc) is 2.97. The number of hydrogen-bond acceptors (Lipinski definition) is 3. The van der Waals surface area contributed by atoms with Crippen molar-refractivity contribution in [3.63, 3.8) is 0 Å². The Bertz CT molecular complexity index is 851. The Labute approximate surface area is 173 Å². The molecule has 0 saturated carbocycles. The van der Waals surface area contributed by atoms with Gasteiger partial charge in [0.2, 0.25) is 0 Å². The number of aryl methyl sites for hydroxylation is 1. The van der Waals surface area contributed by atoms with Gasteiger partial charge in [-0.3, -0.25) is 4.90 Å². The predicted octanol–water partition coefficient (Wildman–Crippen LogP) is 3.04. The van der Waals surface area contributed by atoms with Crippen LogP contribution in [0.15, 0.2) is 48.5 Å². The molecule has 0 spiro atoms. The van der Waals surface area contributed by atoms with Crippen molar-refractivity contribution < 1.29 is 9.90 Å². The lowest BCUT2D eigenvalue weighted by atomic mass is 10.00. The Morgan fingerprint density at radius 1 is 1.07 bits per heavy atom. The molecule has 2 unspecified atom stereocenters. The second-order valence-electron chi connectivity index (χ2n) is 8.56. The van der Waals surface area contributed by atoms with Crippen molar-refractivity contribution in [1.82, 2.24) is 14.7 Å². The third-order valence-electron chi connectivity index (χ3n) is 6.11. The van der Waals surface area contributed by atoms with Crippen LogP contribution in [0.2, 0.25) is 0 Å². The lowest BCUT2D eigenvalue weighted by Crippen LogP contribution is -2.45. The van der Waals surface area contributed by atoms with Crippen molar-refractivity contribution in [2.75, 3.05) is 26.2 Å². The molecule has 154 valence electrons. The van der Waals surface area contributed by atoms with Crippen molar-refractivity contribution in [1.29, 1.82) is 0 Å². The number of amides is 2. The number of aliphatic hydroxyl groups excluding tert-OH is 1. The topological polar surface area (TPSA) is 47.0 Å². The maximum absolute atomic E-state index is 12.9. The number of carbonyl (C=O) groups excluding carboxylic acids is 1. The fraction of sp³-hybridized carbons (Fsp3) is 0.458. The van der Waals surface area contributed by atoms with Gasteiger partial charge >= 0.3 is 6.03 Å². The van der Waals surface area contributed by atoms with Crippen LogP contribution in [-0.4, -0.2) is 64.2 Å². The number of rotatable bonds is 6. The number of urea groups is 1. The molecule has 2 heterocycles. The van der Waals surface area contributed by atoms with Gasteiger partial charge in [0.05, 0.1) is 6.10 Å². The maximum Gasteiger partial charge on any atom is 0.320 e. The van der Waals surface area contributed by atoms with Crippen molar-refractivity contribution in [3.8, 4) is 0 Å². The molecule has 2 aromatic carbocycles. The Kier molecular flexibility index (Phi) is 5.88. The van der Waals surface area contributed by atoms with Crippen molar-refractivity contribution >= 4 is 6.03 Å². The van der Waals surface area contributed by atoms with E-state index in [2.05, 4.69) is 67.3 Å². The van der Waals surface area contributed by atoms with Crippen LogP contribution in [0.5, 0.6) is 0 Å². The molecule has 5 heteroatoms. The first-order chi connectivity index (χ1) is 14.0. The standard InChI is InChI=1S/C24H31N3O2/c1-18-7-9-20(10-8-18)14-26-13-19(2)27(24(26)29)17-23(28)16-25-12-11-21-5-3-4-6-22(21)15-25/h3-10,19,23,28H,11-17H2,1-2H3. The molecule has 2 atom stereocenters. The minimum Gasteiger partial charge on any atom is -0.390 e. The number of hydrogen-bond donors (Lipinski definition) is 1. The molecule has 29 heavy (non-hydrogen) atoms. The van der Waals surface area contributed by atoms with Gasteiger partial charge in [0.1, 0.15) is 0 Å². The molecule has 5 nitrogen and oxygen atoms in total. The fourth-order valence-electron chi connectivity index (χ4n) is 4.46. The number of nitrogens with zero attached hydrogens (tertiary/aromatic N) is 3. The van der Waals surface area contributed by atoms with Gasteiger partial charge in [-0.2, -0.15) is 0 Å². The van der Waals surface area contributed by atoms with Crippen LogP contribution in [0, 0.1) is 6.92 Å². The molecule has 0 bridgehead atoms. The number of benzene rings is 2. The van der Waals surface area contributed by atoms with Crippen molar-refractivity contribution in [3.05, 3.63) is 70.8 Å². The van der Waals surface area contributed by atoms with E-state index in [-0.39, 0.29) is 12.1 Å². The minimum atomic E-state index is -0.536. The summed E-state index contributed by atoms with van der Waals surface area (Å²) in [5.74, 6) is 0. The molecule has 1 N–H and O–H groups in total. The van der Waals surface area contributed by atoms with E-state index in [9.17, 15) is 9.90 Å². The van der Waals surface area contributed by atoms with Gasteiger partial charge in [-0.05, 0) is 37.0 Å². The number of carbonyl (C=O) groups is 1. The molecule has 2 aromatic rings. The van der Waals surface area contributed by atoms with Crippen LogP contribution in [0.1, 0.15) is 29.2 Å². The molecule has 0 aliphatic carbocycles. The van der Waals surface area contributed by atoms with Crippen molar-refractivity contribution in [2.24, 2.45) is 0 Å². The zero-order valence-electron chi connectivity index (χ0n) is 17.4. The smallest absolute Gasteiger partial charge is 0.320 e. The highest BCUT2D eigenvalue weighted by Crippen LogP contribution is 2.21. The first-order valence-corrected chi connectivity index (χ1v) is 10.6. The summed E-state index contributed by atoms with van der Waals surface area (Å²) in [7, 11) is 0. The number of fused-ring (bicyclic) bond motifs is 1. The van der Waals surface area contributed by atoms with Gasteiger partial charge in [-0.1, -0.05) is 54.1 Å². The molecule has 1 fully saturated rings. The lowest BCUT2D eigenvalue weighted by molar-refractivity contribution is 0.0749. The van der Waals surface area contributed by atoms with Gasteiger partial charge in [0.25, 0.3) is 0 Å². The van der Waals surface area contributed by atoms with Gasteiger partial charge < -0.3 is 14.9 Å². The van der Waals surface area contributed by atoms with E-state index in [0.717, 1.165) is 25.1 Å². The predicted molar refractivity (Wildman–Crippen MR) is 115 cm³/mol. The SMILES string of the molecule is Cc1ccc(CN2CC(C)N(CC(O)CN3CCc4ccccc4C3)C2=O)cc1. The third kappa shape index (κ3) is 4.62. The molecule has 2 aliphatic heterocycles. The van der Waals surface area contributed by atoms with Gasteiger partial charge in [-0.15, -0.1) is 0 Å². The normalized spacial score (nSPS) is 20.8. The fourth-order valence-corrected chi connectivity index (χ4v) is 4.46. The lowest BCUT2D eigenvalue weighted by Gasteiger charge is -2.32. The second kappa shape index (κ2) is 8.56. The monoisotopic (exact) mass is 393 g/mol. The summed E-state index contributed by atoms with van der Waals surface area (Å²) in [6, 6.07) is 17.0. The van der Waals surface area contributed by atoms with E-state index in [4.69, 9.17) is 0 Å². The Balaban J connectivity index is 1.31. The maximum atomic E-state index is 12.9. The van der Waals surface area contributed by atoms with Gasteiger partial charge in [0, 0.05) is 45.3 Å². The summed E-state index contributed by atoms with van der Waals surface area (Å²) < 4.78 is 0. The summed E-state index contributed by atoms with van der Waals surface area (Å²) in [6.45, 7) is 8.28. The Morgan fingerprint density at radius 3 is 2.55 bits per heavy atom. The van der Waals surface area contributed by atoms with Gasteiger partial charge in [-0.25, -0.2) is 4.79 Å². The van der Waals surface area contributed by atoms with E-state index in [0.29, 0.717) is 26.2 Å². The van der Waals surface area contributed by atoms with E-state index >= 15 is 0 Å². The van der Waals surface area contributed by atoms with E-state index < -0.39 is 6.10 Å². The quantitative estimate of drug-likeness (QED) is 0.821. The molecule has 2 amide bonds. The van der Waals surface area contributed by atoms with Crippen LogP contribution in [0.3, 0.4) is 0 Å². The van der Waals surface area contributed by atoms with E-state index in [1.807, 2.05) is 9.80 Å². The molecule has 2 aliphatic rings. The summed E-state index contributed by atoms with van der Waals surface area (Å²) >= 11 is 0. The first-order valence-electron chi connectivity index (χ1n) is 10.6. The zero-order chi connectivity index (χ0) is 20.4. The van der Waals surface area contributed by atoms with Crippen LogP contribution in [0.4, 0.5) is 4.79 Å². The molecule has 4 rings (SSSR count). The van der Waals surface area contributed by atoms with Gasteiger partial charge in [0.15, 0.2) is 0 Å².